The Bertz CT molecular complexity index is 1630. The highest BCUT2D eigenvalue weighted by Gasteiger charge is 2.32. The first-order valence-corrected chi connectivity index (χ1v) is 10.4. The van der Waals surface area contributed by atoms with Crippen molar-refractivity contribution in [1.29, 1.82) is 0 Å². The number of halogens is 10. The van der Waals surface area contributed by atoms with Gasteiger partial charge >= 0.3 is 18.5 Å². The predicted octanol–water partition coefficient (Wildman–Crippen LogP) is 9.69. The molecule has 37 heavy (non-hydrogen) atoms. The van der Waals surface area contributed by atoms with E-state index in [9.17, 15) is 39.5 Å². The second-order valence-corrected chi connectivity index (χ2v) is 8.22. The summed E-state index contributed by atoms with van der Waals surface area (Å²) in [5, 5.41) is 1.06. The van der Waals surface area contributed by atoms with E-state index in [4.69, 9.17) is 0 Å². The number of nitrogens with zero attached hydrogens (tertiary/aromatic N) is 1. The van der Waals surface area contributed by atoms with E-state index in [1.54, 1.807) is 0 Å². The lowest BCUT2D eigenvalue weighted by atomic mass is 9.93. The smallest absolute Gasteiger partial charge is 0.248 e. The number of alkyl halides is 9. The van der Waals surface area contributed by atoms with Gasteiger partial charge in [-0.2, -0.15) is 39.5 Å². The Morgan fingerprint density at radius 3 is 1.57 bits per heavy atom. The summed E-state index contributed by atoms with van der Waals surface area (Å²) in [4.78, 5) is 4.31. The summed E-state index contributed by atoms with van der Waals surface area (Å²) in [6, 6.07) is 12.7. The van der Waals surface area contributed by atoms with Gasteiger partial charge in [0.1, 0.15) is 0 Å². The van der Waals surface area contributed by atoms with E-state index in [2.05, 4.69) is 4.98 Å². The highest BCUT2D eigenvalue weighted by Crippen LogP contribution is 2.41. The first-order chi connectivity index (χ1) is 16.7. The summed E-state index contributed by atoms with van der Waals surface area (Å²) in [5.41, 5.74) is -2.15. The van der Waals surface area contributed by atoms with Crippen molar-refractivity contribution in [3.63, 3.8) is 0 Å². The summed E-state index contributed by atoms with van der Waals surface area (Å²) in [6.07, 6.45) is -13.9. The van der Waals surface area contributed by atoms with E-state index in [1.807, 2.05) is 0 Å². The summed E-state index contributed by atoms with van der Waals surface area (Å²) in [7, 11) is 0. The largest absolute Gasteiger partial charge is 0.416 e. The highest BCUT2D eigenvalue weighted by atomic mass is 35.5. The fourth-order valence-corrected chi connectivity index (χ4v) is 4.18. The maximum Gasteiger partial charge on any atom is 0.416 e. The van der Waals surface area contributed by atoms with Crippen LogP contribution in [0.3, 0.4) is 0 Å². The minimum atomic E-state index is -4.66. The number of fused-ring (bicyclic) bond motifs is 3. The van der Waals surface area contributed by atoms with Crippen molar-refractivity contribution in [2.45, 2.75) is 18.5 Å². The van der Waals surface area contributed by atoms with E-state index in [0.717, 1.165) is 42.5 Å². The molecule has 0 atom stereocenters. The van der Waals surface area contributed by atoms with Gasteiger partial charge in [0, 0.05) is 16.3 Å². The molecule has 0 spiro atoms. The Morgan fingerprint density at radius 1 is 0.459 bits per heavy atom. The van der Waals surface area contributed by atoms with E-state index < -0.39 is 35.2 Å². The van der Waals surface area contributed by atoms with Crippen LogP contribution >= 0.6 is 12.4 Å². The number of pyridine rings is 1. The predicted molar refractivity (Wildman–Crippen MR) is 124 cm³/mol. The SMILES string of the molecule is Cl.FC(F)(F)c1ccc(-c2c3ccc(C(F)(F)F)cc3nc3cc4ccc(C(F)(F)F)cc4cc23)cc1. The van der Waals surface area contributed by atoms with Gasteiger partial charge in [-0.1, -0.05) is 24.3 Å². The molecule has 5 rings (SSSR count). The zero-order valence-electron chi connectivity index (χ0n) is 18.2. The van der Waals surface area contributed by atoms with Gasteiger partial charge in [0.05, 0.1) is 27.7 Å². The molecule has 1 nitrogen and oxygen atoms in total. The fraction of sp³-hybridized carbons (Fsp3) is 0.115. The van der Waals surface area contributed by atoms with Crippen molar-refractivity contribution in [2.75, 3.05) is 0 Å². The highest BCUT2D eigenvalue weighted by molar-refractivity contribution is 6.13. The minimum absolute atomic E-state index is 0. The van der Waals surface area contributed by atoms with Gasteiger partial charge in [-0.15, -0.1) is 12.4 Å². The molecule has 0 aliphatic rings. The number of hydrogen-bond acceptors (Lipinski definition) is 1. The van der Waals surface area contributed by atoms with Crippen LogP contribution in [0.4, 0.5) is 39.5 Å². The summed E-state index contributed by atoms with van der Waals surface area (Å²) in [6.45, 7) is 0. The van der Waals surface area contributed by atoms with Crippen molar-refractivity contribution >= 4 is 45.0 Å². The Balaban J connectivity index is 0.00000320. The molecule has 0 unspecified atom stereocenters. The molecule has 0 fully saturated rings. The first kappa shape index (κ1) is 26.5. The van der Waals surface area contributed by atoms with Crippen LogP contribution in [0.2, 0.25) is 0 Å². The minimum Gasteiger partial charge on any atom is -0.248 e. The summed E-state index contributed by atoms with van der Waals surface area (Å²) >= 11 is 0. The lowest BCUT2D eigenvalue weighted by Crippen LogP contribution is -2.05. The van der Waals surface area contributed by atoms with E-state index in [1.165, 1.54) is 30.3 Å². The van der Waals surface area contributed by atoms with E-state index >= 15 is 0 Å². The lowest BCUT2D eigenvalue weighted by Gasteiger charge is -2.15. The summed E-state index contributed by atoms with van der Waals surface area (Å²) < 4.78 is 119. The average Bonchev–Trinajstić information content (AvgIpc) is 2.79. The van der Waals surface area contributed by atoms with Gasteiger partial charge in [-0.25, -0.2) is 4.98 Å². The number of benzene rings is 4. The van der Waals surface area contributed by atoms with Crippen molar-refractivity contribution in [3.8, 4) is 11.1 Å². The second kappa shape index (κ2) is 8.79. The average molecular weight is 546 g/mol. The van der Waals surface area contributed by atoms with Crippen LogP contribution in [0, 0.1) is 0 Å². The van der Waals surface area contributed by atoms with Gasteiger partial charge in [-0.3, -0.25) is 0 Å². The zero-order valence-corrected chi connectivity index (χ0v) is 19.0. The monoisotopic (exact) mass is 545 g/mol. The van der Waals surface area contributed by atoms with Crippen LogP contribution in [-0.2, 0) is 18.5 Å². The lowest BCUT2D eigenvalue weighted by molar-refractivity contribution is -0.138. The third-order valence-corrected chi connectivity index (χ3v) is 5.89. The molecule has 0 aliphatic carbocycles. The zero-order chi connectivity index (χ0) is 26.0. The summed E-state index contributed by atoms with van der Waals surface area (Å²) in [5.74, 6) is 0. The molecular formula is C26H13ClF9N. The molecule has 0 N–H and O–H groups in total. The Labute approximate surface area is 208 Å². The molecule has 5 aromatic rings. The van der Waals surface area contributed by atoms with Crippen LogP contribution in [0.15, 0.2) is 72.8 Å². The molecule has 0 saturated heterocycles. The normalized spacial score (nSPS) is 12.8. The molecule has 0 radical (unpaired) electrons. The molecule has 1 heterocycles. The van der Waals surface area contributed by atoms with E-state index in [0.29, 0.717) is 5.39 Å². The third-order valence-electron chi connectivity index (χ3n) is 5.89. The van der Waals surface area contributed by atoms with Gasteiger partial charge in [-0.05, 0) is 64.9 Å². The van der Waals surface area contributed by atoms with Crippen LogP contribution in [-0.4, -0.2) is 4.98 Å². The molecule has 192 valence electrons. The van der Waals surface area contributed by atoms with Crippen molar-refractivity contribution in [1.82, 2.24) is 4.98 Å². The molecule has 0 aliphatic heterocycles. The fourth-order valence-electron chi connectivity index (χ4n) is 4.18. The van der Waals surface area contributed by atoms with Crippen LogP contribution in [0.1, 0.15) is 16.7 Å². The Kier molecular flexibility index (Phi) is 6.31. The quantitative estimate of drug-likeness (QED) is 0.151. The molecule has 1 aromatic heterocycles. The van der Waals surface area contributed by atoms with Gasteiger partial charge in [0.15, 0.2) is 0 Å². The molecule has 11 heteroatoms. The topological polar surface area (TPSA) is 12.9 Å². The van der Waals surface area contributed by atoms with Crippen molar-refractivity contribution < 1.29 is 39.5 Å². The Morgan fingerprint density at radius 2 is 0.973 bits per heavy atom. The van der Waals surface area contributed by atoms with Crippen molar-refractivity contribution in [3.05, 3.63) is 89.5 Å². The van der Waals surface area contributed by atoms with Gasteiger partial charge < -0.3 is 0 Å². The van der Waals surface area contributed by atoms with E-state index in [-0.39, 0.29) is 50.7 Å². The molecular weight excluding hydrogens is 533 g/mol. The molecule has 0 bridgehead atoms. The maximum atomic E-state index is 13.3. The maximum absolute atomic E-state index is 13.3. The van der Waals surface area contributed by atoms with Crippen molar-refractivity contribution in [2.24, 2.45) is 0 Å². The first-order valence-electron chi connectivity index (χ1n) is 10.4. The Hall–Kier alpha value is -3.53. The van der Waals surface area contributed by atoms with Crippen LogP contribution in [0.5, 0.6) is 0 Å². The molecule has 4 aromatic carbocycles. The molecule has 0 saturated carbocycles. The van der Waals surface area contributed by atoms with Crippen LogP contribution < -0.4 is 0 Å². The second-order valence-electron chi connectivity index (χ2n) is 8.22. The third kappa shape index (κ3) is 4.90. The standard InChI is InChI=1S/C26H12F9N.ClH/c27-24(28,29)16-4-1-13(2-5-16)23-19-8-7-18(26(33,34)35)12-22(19)36-21-11-14-3-6-17(25(30,31)32)9-15(14)10-20(21)23;/h1-12H;1H. The van der Waals surface area contributed by atoms with Crippen LogP contribution in [0.25, 0.3) is 43.7 Å². The number of hydrogen-bond donors (Lipinski definition) is 0. The number of rotatable bonds is 1. The van der Waals surface area contributed by atoms with Gasteiger partial charge in [0.25, 0.3) is 0 Å². The molecule has 0 amide bonds. The van der Waals surface area contributed by atoms with Gasteiger partial charge in [0.2, 0.25) is 0 Å². The number of aromatic nitrogens is 1.